The number of ether oxygens (including phenoxy) is 1. The van der Waals surface area contributed by atoms with E-state index in [1.165, 1.54) is 25.1 Å². The van der Waals surface area contributed by atoms with Crippen LogP contribution in [0.15, 0.2) is 24.3 Å². The van der Waals surface area contributed by atoms with Crippen molar-refractivity contribution in [1.29, 1.82) is 0 Å². The first-order valence-corrected chi connectivity index (χ1v) is 6.96. The maximum Gasteiger partial charge on any atom is 0.279 e. The van der Waals surface area contributed by atoms with Crippen molar-refractivity contribution in [2.24, 2.45) is 5.92 Å². The van der Waals surface area contributed by atoms with E-state index >= 15 is 0 Å². The van der Waals surface area contributed by atoms with Gasteiger partial charge in [0.1, 0.15) is 0 Å². The molecular formula is C15H21FN2O3. The first-order valence-electron chi connectivity index (χ1n) is 6.96. The molecule has 21 heavy (non-hydrogen) atoms. The molecule has 2 atom stereocenters. The predicted octanol–water partition coefficient (Wildman–Crippen LogP) is 2.18. The van der Waals surface area contributed by atoms with E-state index in [1.54, 1.807) is 13.0 Å². The fourth-order valence-electron chi connectivity index (χ4n) is 1.70. The minimum absolute atomic E-state index is 0.00849. The highest BCUT2D eigenvalue weighted by molar-refractivity contribution is 5.85. The van der Waals surface area contributed by atoms with E-state index in [9.17, 15) is 14.0 Å². The van der Waals surface area contributed by atoms with Crippen molar-refractivity contribution in [3.05, 3.63) is 30.1 Å². The molecule has 0 saturated heterocycles. The number of hydrogen-bond acceptors (Lipinski definition) is 3. The zero-order chi connectivity index (χ0) is 15.8. The minimum atomic E-state index is -0.927. The van der Waals surface area contributed by atoms with Gasteiger partial charge in [0.05, 0.1) is 0 Å². The Hall–Kier alpha value is -2.11. The zero-order valence-electron chi connectivity index (χ0n) is 12.5. The highest BCUT2D eigenvalue weighted by atomic mass is 19.1. The lowest BCUT2D eigenvalue weighted by atomic mass is 10.1. The minimum Gasteiger partial charge on any atom is -0.478 e. The van der Waals surface area contributed by atoms with Gasteiger partial charge < -0.3 is 4.74 Å². The maximum atomic E-state index is 13.4. The fourth-order valence-corrected chi connectivity index (χ4v) is 1.70. The van der Waals surface area contributed by atoms with Gasteiger partial charge in [-0.1, -0.05) is 32.4 Å². The van der Waals surface area contributed by atoms with Gasteiger partial charge in [-0.25, -0.2) is 4.39 Å². The Bertz CT molecular complexity index is 494. The average molecular weight is 296 g/mol. The quantitative estimate of drug-likeness (QED) is 0.791. The van der Waals surface area contributed by atoms with Crippen LogP contribution in [0.2, 0.25) is 0 Å². The van der Waals surface area contributed by atoms with E-state index < -0.39 is 17.8 Å². The Labute approximate surface area is 123 Å². The lowest BCUT2D eigenvalue weighted by Gasteiger charge is -2.16. The Morgan fingerprint density at radius 1 is 1.19 bits per heavy atom. The summed E-state index contributed by atoms with van der Waals surface area (Å²) < 4.78 is 18.6. The summed E-state index contributed by atoms with van der Waals surface area (Å²) in [5.41, 5.74) is 4.61. The molecule has 6 heteroatoms. The van der Waals surface area contributed by atoms with Gasteiger partial charge in [0.25, 0.3) is 5.91 Å². The molecule has 0 saturated carbocycles. The van der Waals surface area contributed by atoms with Crippen LogP contribution < -0.4 is 15.6 Å². The second kappa shape index (κ2) is 8.24. The van der Waals surface area contributed by atoms with Crippen LogP contribution in [0.3, 0.4) is 0 Å². The predicted molar refractivity (Wildman–Crippen MR) is 76.8 cm³/mol. The summed E-state index contributed by atoms with van der Waals surface area (Å²) in [6.07, 6.45) is 0.696. The van der Waals surface area contributed by atoms with Crippen LogP contribution in [-0.4, -0.2) is 17.9 Å². The second-order valence-electron chi connectivity index (χ2n) is 4.86. The highest BCUT2D eigenvalue weighted by Gasteiger charge is 2.18. The summed E-state index contributed by atoms with van der Waals surface area (Å²) in [6, 6.07) is 5.81. The summed E-state index contributed by atoms with van der Waals surface area (Å²) in [6.45, 7) is 5.24. The molecule has 0 aliphatic heterocycles. The van der Waals surface area contributed by atoms with E-state index in [0.717, 1.165) is 12.8 Å². The van der Waals surface area contributed by atoms with Crippen LogP contribution in [-0.2, 0) is 9.59 Å². The Morgan fingerprint density at radius 2 is 1.81 bits per heavy atom. The molecule has 5 nitrogen and oxygen atoms in total. The van der Waals surface area contributed by atoms with Gasteiger partial charge in [0.15, 0.2) is 17.7 Å². The number of carbonyl (C=O) groups is 2. The van der Waals surface area contributed by atoms with Gasteiger partial charge in [0, 0.05) is 5.92 Å². The molecule has 0 spiro atoms. The zero-order valence-corrected chi connectivity index (χ0v) is 12.5. The van der Waals surface area contributed by atoms with E-state index in [4.69, 9.17) is 4.74 Å². The third-order valence-electron chi connectivity index (χ3n) is 2.99. The van der Waals surface area contributed by atoms with Crippen LogP contribution in [0.4, 0.5) is 4.39 Å². The van der Waals surface area contributed by atoms with E-state index in [1.807, 2.05) is 6.92 Å². The Balaban J connectivity index is 2.45. The molecule has 2 amide bonds. The fraction of sp³-hybridized carbons (Fsp3) is 0.467. The molecule has 2 N–H and O–H groups in total. The number of rotatable bonds is 6. The van der Waals surface area contributed by atoms with E-state index in [2.05, 4.69) is 10.9 Å². The first-order chi connectivity index (χ1) is 9.95. The smallest absolute Gasteiger partial charge is 0.279 e. The molecule has 1 aromatic carbocycles. The third-order valence-corrected chi connectivity index (χ3v) is 2.99. The highest BCUT2D eigenvalue weighted by Crippen LogP contribution is 2.16. The van der Waals surface area contributed by atoms with Crippen LogP contribution >= 0.6 is 0 Å². The van der Waals surface area contributed by atoms with Gasteiger partial charge in [-0.05, 0) is 25.5 Å². The molecular weight excluding hydrogens is 275 g/mol. The van der Waals surface area contributed by atoms with Gasteiger partial charge >= 0.3 is 0 Å². The van der Waals surface area contributed by atoms with Crippen molar-refractivity contribution < 1.29 is 18.7 Å². The molecule has 1 aromatic rings. The lowest BCUT2D eigenvalue weighted by molar-refractivity contribution is -0.134. The summed E-state index contributed by atoms with van der Waals surface area (Å²) >= 11 is 0. The lowest BCUT2D eigenvalue weighted by Crippen LogP contribution is -2.48. The van der Waals surface area contributed by atoms with Crippen LogP contribution in [0.25, 0.3) is 0 Å². The van der Waals surface area contributed by atoms with Crippen LogP contribution in [0.5, 0.6) is 5.75 Å². The number of amides is 2. The van der Waals surface area contributed by atoms with Crippen molar-refractivity contribution in [1.82, 2.24) is 10.9 Å². The van der Waals surface area contributed by atoms with Crippen LogP contribution in [0.1, 0.15) is 33.6 Å². The van der Waals surface area contributed by atoms with Gasteiger partial charge in [-0.3, -0.25) is 20.4 Å². The topological polar surface area (TPSA) is 67.4 Å². The SMILES string of the molecule is CCCC(C)C(=O)NNC(=O)C(C)Oc1ccccc1F. The summed E-state index contributed by atoms with van der Waals surface area (Å²) in [5.74, 6) is -1.54. The molecule has 0 fully saturated rings. The molecule has 0 aliphatic rings. The van der Waals surface area contributed by atoms with Gasteiger partial charge in [-0.15, -0.1) is 0 Å². The first kappa shape index (κ1) is 16.9. The Morgan fingerprint density at radius 3 is 2.43 bits per heavy atom. The molecule has 0 aromatic heterocycles. The van der Waals surface area contributed by atoms with Gasteiger partial charge in [-0.2, -0.15) is 0 Å². The number of benzene rings is 1. The number of hydrogen-bond donors (Lipinski definition) is 2. The van der Waals surface area contributed by atoms with Crippen molar-refractivity contribution in [3.63, 3.8) is 0 Å². The molecule has 1 rings (SSSR count). The van der Waals surface area contributed by atoms with Crippen molar-refractivity contribution in [2.75, 3.05) is 0 Å². The number of carbonyl (C=O) groups excluding carboxylic acids is 2. The molecule has 0 heterocycles. The molecule has 0 aliphatic carbocycles. The molecule has 0 bridgehead atoms. The van der Waals surface area contributed by atoms with Gasteiger partial charge in [0.2, 0.25) is 5.91 Å². The average Bonchev–Trinajstić information content (AvgIpc) is 2.46. The third kappa shape index (κ3) is 5.41. The molecule has 2 unspecified atom stereocenters. The number of halogens is 1. The van der Waals surface area contributed by atoms with Crippen molar-refractivity contribution in [3.8, 4) is 5.75 Å². The molecule has 116 valence electrons. The maximum absolute atomic E-state index is 13.4. The van der Waals surface area contributed by atoms with Crippen LogP contribution in [0, 0.1) is 11.7 Å². The number of nitrogens with one attached hydrogen (secondary N) is 2. The monoisotopic (exact) mass is 296 g/mol. The van der Waals surface area contributed by atoms with E-state index in [-0.39, 0.29) is 17.6 Å². The normalized spacial score (nSPS) is 13.1. The largest absolute Gasteiger partial charge is 0.478 e. The Kier molecular flexibility index (Phi) is 6.65. The number of para-hydroxylation sites is 1. The summed E-state index contributed by atoms with van der Waals surface area (Å²) in [7, 11) is 0. The molecule has 0 radical (unpaired) electrons. The standard InChI is InChI=1S/C15H21FN2O3/c1-4-7-10(2)14(19)17-18-15(20)11(3)21-13-9-6-5-8-12(13)16/h5-6,8-11H,4,7H2,1-3H3,(H,17,19)(H,18,20). The summed E-state index contributed by atoms with van der Waals surface area (Å²) in [4.78, 5) is 23.4. The second-order valence-corrected chi connectivity index (χ2v) is 4.86. The van der Waals surface area contributed by atoms with Crippen molar-refractivity contribution >= 4 is 11.8 Å². The van der Waals surface area contributed by atoms with E-state index in [0.29, 0.717) is 0 Å². The summed E-state index contributed by atoms with van der Waals surface area (Å²) in [5, 5.41) is 0. The van der Waals surface area contributed by atoms with Crippen molar-refractivity contribution in [2.45, 2.75) is 39.7 Å². The number of hydrazine groups is 1.